The fourth-order valence-electron chi connectivity index (χ4n) is 2.85. The van der Waals surface area contributed by atoms with Crippen molar-refractivity contribution in [1.29, 1.82) is 0 Å². The van der Waals surface area contributed by atoms with Gasteiger partial charge in [-0.3, -0.25) is 14.5 Å². The van der Waals surface area contributed by atoms with E-state index in [1.54, 1.807) is 6.07 Å². The lowest BCUT2D eigenvalue weighted by molar-refractivity contribution is -0.119. The second-order valence-corrected chi connectivity index (χ2v) is 7.96. The SMILES string of the molecule is CC(=O)c1ccc(SCC(=O)NCC2CN(CC(C)C)CCO2)c(F)c1. The van der Waals surface area contributed by atoms with E-state index in [4.69, 9.17) is 4.74 Å². The third-order valence-electron chi connectivity index (χ3n) is 4.07. The van der Waals surface area contributed by atoms with Crippen molar-refractivity contribution in [3.05, 3.63) is 29.6 Å². The molecule has 1 aromatic carbocycles. The molecular weight excluding hydrogens is 355 g/mol. The number of ketones is 1. The topological polar surface area (TPSA) is 58.6 Å². The minimum Gasteiger partial charge on any atom is -0.374 e. The third-order valence-corrected chi connectivity index (χ3v) is 5.12. The fourth-order valence-corrected chi connectivity index (χ4v) is 3.59. The lowest BCUT2D eigenvalue weighted by Gasteiger charge is -2.33. The van der Waals surface area contributed by atoms with Crippen molar-refractivity contribution in [3.8, 4) is 0 Å². The number of benzene rings is 1. The number of nitrogens with zero attached hydrogens (tertiary/aromatic N) is 1. The lowest BCUT2D eigenvalue weighted by atomic mass is 10.1. The molecule has 0 aromatic heterocycles. The zero-order valence-electron chi connectivity index (χ0n) is 15.6. The van der Waals surface area contributed by atoms with E-state index in [0.29, 0.717) is 29.5 Å². The van der Waals surface area contributed by atoms with Crippen molar-refractivity contribution >= 4 is 23.5 Å². The Bertz CT molecular complexity index is 639. The van der Waals surface area contributed by atoms with Gasteiger partial charge < -0.3 is 10.1 Å². The van der Waals surface area contributed by atoms with E-state index in [1.807, 2.05) is 0 Å². The van der Waals surface area contributed by atoms with Gasteiger partial charge in [-0.2, -0.15) is 0 Å². The number of hydrogen-bond acceptors (Lipinski definition) is 5. The molecule has 2 rings (SSSR count). The molecule has 144 valence electrons. The van der Waals surface area contributed by atoms with Crippen molar-refractivity contribution in [1.82, 2.24) is 10.2 Å². The van der Waals surface area contributed by atoms with Crippen molar-refractivity contribution in [3.63, 3.8) is 0 Å². The second kappa shape index (κ2) is 10.0. The Kier molecular flexibility index (Phi) is 8.06. The Labute approximate surface area is 158 Å². The van der Waals surface area contributed by atoms with Gasteiger partial charge in [-0.15, -0.1) is 11.8 Å². The molecule has 1 amide bonds. The summed E-state index contributed by atoms with van der Waals surface area (Å²) in [5, 5.41) is 2.86. The Hall–Kier alpha value is -1.44. The van der Waals surface area contributed by atoms with Crippen LogP contribution in [0.25, 0.3) is 0 Å². The Morgan fingerprint density at radius 1 is 1.42 bits per heavy atom. The standard InChI is InChI=1S/C19H27FN2O3S/c1-13(2)10-22-6-7-25-16(11-22)9-21-19(24)12-26-18-5-4-15(14(3)23)8-17(18)20/h4-5,8,13,16H,6-7,9-12H2,1-3H3,(H,21,24). The molecule has 0 bridgehead atoms. The molecule has 5 nitrogen and oxygen atoms in total. The van der Waals surface area contributed by atoms with Gasteiger partial charge >= 0.3 is 0 Å². The van der Waals surface area contributed by atoms with Gasteiger partial charge in [-0.05, 0) is 25.0 Å². The summed E-state index contributed by atoms with van der Waals surface area (Å²) in [7, 11) is 0. The van der Waals surface area contributed by atoms with E-state index in [0.717, 1.165) is 31.4 Å². The molecule has 1 fully saturated rings. The van der Waals surface area contributed by atoms with Crippen LogP contribution in [-0.2, 0) is 9.53 Å². The zero-order chi connectivity index (χ0) is 19.1. The first kappa shape index (κ1) is 20.9. The number of carbonyl (C=O) groups is 2. The van der Waals surface area contributed by atoms with Crippen LogP contribution in [0.5, 0.6) is 0 Å². The normalized spacial score (nSPS) is 18.1. The van der Waals surface area contributed by atoms with Crippen LogP contribution in [0.2, 0.25) is 0 Å². The number of thioether (sulfide) groups is 1. The summed E-state index contributed by atoms with van der Waals surface area (Å²) < 4.78 is 19.7. The first-order chi connectivity index (χ1) is 12.3. The molecule has 0 radical (unpaired) electrons. The van der Waals surface area contributed by atoms with Crippen molar-refractivity contribution in [2.45, 2.75) is 31.8 Å². The van der Waals surface area contributed by atoms with Crippen LogP contribution in [0.1, 0.15) is 31.1 Å². The molecule has 1 unspecified atom stereocenters. The van der Waals surface area contributed by atoms with Gasteiger partial charge in [0.25, 0.3) is 0 Å². The van der Waals surface area contributed by atoms with E-state index >= 15 is 0 Å². The van der Waals surface area contributed by atoms with Gasteiger partial charge in [0.05, 0.1) is 18.5 Å². The van der Waals surface area contributed by atoms with E-state index in [-0.39, 0.29) is 23.5 Å². The van der Waals surface area contributed by atoms with E-state index in [9.17, 15) is 14.0 Å². The van der Waals surface area contributed by atoms with Crippen LogP contribution in [0, 0.1) is 11.7 Å². The third kappa shape index (κ3) is 6.70. The quantitative estimate of drug-likeness (QED) is 0.553. The van der Waals surface area contributed by atoms with Crippen LogP contribution in [0.4, 0.5) is 4.39 Å². The molecule has 1 aliphatic heterocycles. The Morgan fingerprint density at radius 2 is 2.19 bits per heavy atom. The van der Waals surface area contributed by atoms with Crippen molar-refractivity contribution in [2.24, 2.45) is 5.92 Å². The number of carbonyl (C=O) groups excluding carboxylic acids is 2. The predicted molar refractivity (Wildman–Crippen MR) is 101 cm³/mol. The van der Waals surface area contributed by atoms with Crippen LogP contribution in [0.15, 0.2) is 23.1 Å². The summed E-state index contributed by atoms with van der Waals surface area (Å²) in [6, 6.07) is 4.32. The number of Topliss-reactive ketones (excluding diaryl/α,β-unsaturated/α-hetero) is 1. The second-order valence-electron chi connectivity index (χ2n) is 6.94. The highest BCUT2D eigenvalue weighted by Crippen LogP contribution is 2.22. The monoisotopic (exact) mass is 382 g/mol. The molecule has 0 aliphatic carbocycles. The predicted octanol–water partition coefficient (Wildman–Crippen LogP) is 2.59. The summed E-state index contributed by atoms with van der Waals surface area (Å²) in [4.78, 5) is 26.0. The molecule has 7 heteroatoms. The first-order valence-corrected chi connectivity index (χ1v) is 9.87. The molecule has 1 aliphatic rings. The average molecular weight is 383 g/mol. The Morgan fingerprint density at radius 3 is 2.85 bits per heavy atom. The average Bonchev–Trinajstić information content (AvgIpc) is 2.58. The summed E-state index contributed by atoms with van der Waals surface area (Å²) in [5.74, 6) is -0.0926. The first-order valence-electron chi connectivity index (χ1n) is 8.89. The number of hydrogen-bond donors (Lipinski definition) is 1. The van der Waals surface area contributed by atoms with E-state index in [1.165, 1.54) is 19.1 Å². The van der Waals surface area contributed by atoms with Gasteiger partial charge in [0.15, 0.2) is 5.78 Å². The van der Waals surface area contributed by atoms with Gasteiger partial charge in [0, 0.05) is 36.6 Å². The largest absolute Gasteiger partial charge is 0.374 e. The van der Waals surface area contributed by atoms with E-state index < -0.39 is 5.82 Å². The maximum absolute atomic E-state index is 14.0. The zero-order valence-corrected chi connectivity index (χ0v) is 16.4. The smallest absolute Gasteiger partial charge is 0.230 e. The number of nitrogens with one attached hydrogen (secondary N) is 1. The van der Waals surface area contributed by atoms with E-state index in [2.05, 4.69) is 24.1 Å². The van der Waals surface area contributed by atoms with Crippen molar-refractivity contribution < 1.29 is 18.7 Å². The highest BCUT2D eigenvalue weighted by atomic mass is 32.2. The maximum Gasteiger partial charge on any atom is 0.230 e. The maximum atomic E-state index is 14.0. The van der Waals surface area contributed by atoms with Gasteiger partial charge in [-0.1, -0.05) is 19.9 Å². The van der Waals surface area contributed by atoms with Crippen LogP contribution < -0.4 is 5.32 Å². The summed E-state index contributed by atoms with van der Waals surface area (Å²) in [6.45, 7) is 9.66. The molecule has 1 atom stereocenters. The Balaban J connectivity index is 1.74. The summed E-state index contributed by atoms with van der Waals surface area (Å²) in [6.07, 6.45) is -0.0111. The van der Waals surface area contributed by atoms with Crippen LogP contribution in [-0.4, -0.2) is 61.2 Å². The molecule has 0 spiro atoms. The highest BCUT2D eigenvalue weighted by Gasteiger charge is 2.21. The number of morpholine rings is 1. The minimum atomic E-state index is -0.476. The molecule has 1 saturated heterocycles. The van der Waals surface area contributed by atoms with Crippen LogP contribution in [0.3, 0.4) is 0 Å². The fraction of sp³-hybridized carbons (Fsp3) is 0.579. The number of ether oxygens (including phenoxy) is 1. The van der Waals surface area contributed by atoms with Crippen molar-refractivity contribution in [2.75, 3.05) is 38.5 Å². The molecule has 0 saturated carbocycles. The van der Waals surface area contributed by atoms with Crippen LogP contribution >= 0.6 is 11.8 Å². The number of rotatable bonds is 8. The summed E-state index contributed by atoms with van der Waals surface area (Å²) in [5.41, 5.74) is 0.330. The molecule has 26 heavy (non-hydrogen) atoms. The van der Waals surface area contributed by atoms with Gasteiger partial charge in [0.2, 0.25) is 5.91 Å². The van der Waals surface area contributed by atoms with Gasteiger partial charge in [0.1, 0.15) is 5.82 Å². The van der Waals surface area contributed by atoms with Gasteiger partial charge in [-0.25, -0.2) is 4.39 Å². The molecule has 1 heterocycles. The highest BCUT2D eigenvalue weighted by molar-refractivity contribution is 8.00. The molecule has 1 aromatic rings. The number of halogens is 1. The number of amides is 1. The molecular formula is C19H27FN2O3S. The molecule has 1 N–H and O–H groups in total. The lowest BCUT2D eigenvalue weighted by Crippen LogP contribution is -2.48. The minimum absolute atomic E-state index is 0.0111. The summed E-state index contributed by atoms with van der Waals surface area (Å²) >= 11 is 1.12.